The van der Waals surface area contributed by atoms with Gasteiger partial charge in [-0.1, -0.05) is 59.3 Å². The number of para-hydroxylation sites is 1. The van der Waals surface area contributed by atoms with E-state index in [9.17, 15) is 10.1 Å². The third-order valence-electron chi connectivity index (χ3n) is 4.87. The van der Waals surface area contributed by atoms with Gasteiger partial charge in [0.2, 0.25) is 0 Å². The number of aryl methyl sites for hydroxylation is 1. The Kier molecular flexibility index (Phi) is 8.07. The summed E-state index contributed by atoms with van der Waals surface area (Å²) < 4.78 is 12.3. The largest absolute Gasteiger partial charge is 0.497 e. The second-order valence-electron chi connectivity index (χ2n) is 6.92. The first kappa shape index (κ1) is 23.1. The van der Waals surface area contributed by atoms with Crippen LogP contribution in [-0.2, 0) is 17.8 Å². The van der Waals surface area contributed by atoms with E-state index in [1.54, 1.807) is 25.3 Å². The molecule has 32 heavy (non-hydrogen) atoms. The molecule has 0 spiro atoms. The Morgan fingerprint density at radius 3 is 2.50 bits per heavy atom. The lowest BCUT2D eigenvalue weighted by Gasteiger charge is -2.13. The third kappa shape index (κ3) is 5.77. The molecular formula is C26H23BrN2O3. The molecule has 0 heterocycles. The van der Waals surface area contributed by atoms with Gasteiger partial charge >= 0.3 is 0 Å². The highest BCUT2D eigenvalue weighted by Crippen LogP contribution is 2.29. The van der Waals surface area contributed by atoms with E-state index in [0.717, 1.165) is 22.0 Å². The number of ether oxygens (including phenoxy) is 2. The van der Waals surface area contributed by atoms with Gasteiger partial charge in [-0.05, 0) is 42.3 Å². The molecule has 1 amide bonds. The molecule has 0 aliphatic carbocycles. The summed E-state index contributed by atoms with van der Waals surface area (Å²) in [5.41, 5.74) is 3.25. The van der Waals surface area contributed by atoms with Gasteiger partial charge in [-0.25, -0.2) is 0 Å². The van der Waals surface area contributed by atoms with Crippen molar-refractivity contribution in [3.05, 3.63) is 93.5 Å². The number of hydrogen-bond acceptors (Lipinski definition) is 4. The molecule has 1 N–H and O–H groups in total. The predicted molar refractivity (Wildman–Crippen MR) is 130 cm³/mol. The van der Waals surface area contributed by atoms with Crippen molar-refractivity contribution < 1.29 is 14.3 Å². The average Bonchev–Trinajstić information content (AvgIpc) is 2.82. The van der Waals surface area contributed by atoms with Gasteiger partial charge in [0, 0.05) is 27.4 Å². The number of amides is 1. The molecule has 3 rings (SSSR count). The zero-order chi connectivity index (χ0) is 22.9. The summed E-state index contributed by atoms with van der Waals surface area (Å²) in [7, 11) is 1.57. The van der Waals surface area contributed by atoms with Gasteiger partial charge in [0.15, 0.2) is 0 Å². The third-order valence-corrected chi connectivity index (χ3v) is 5.65. The Morgan fingerprint density at radius 1 is 1.09 bits per heavy atom. The Hall–Kier alpha value is -3.56. The van der Waals surface area contributed by atoms with Crippen molar-refractivity contribution in [1.82, 2.24) is 0 Å². The Labute approximate surface area is 196 Å². The number of carbonyl (C=O) groups is 1. The molecular weight excluding hydrogens is 468 g/mol. The van der Waals surface area contributed by atoms with Crippen molar-refractivity contribution in [3.63, 3.8) is 0 Å². The summed E-state index contributed by atoms with van der Waals surface area (Å²) >= 11 is 3.52. The lowest BCUT2D eigenvalue weighted by atomic mass is 10.1. The maximum Gasteiger partial charge on any atom is 0.266 e. The molecule has 6 heteroatoms. The van der Waals surface area contributed by atoms with Crippen molar-refractivity contribution >= 4 is 33.6 Å². The minimum absolute atomic E-state index is 0.0215. The number of halogens is 1. The second-order valence-corrected chi connectivity index (χ2v) is 7.77. The maximum absolute atomic E-state index is 12.8. The van der Waals surface area contributed by atoms with Crippen molar-refractivity contribution in [2.75, 3.05) is 12.4 Å². The van der Waals surface area contributed by atoms with Gasteiger partial charge in [-0.2, -0.15) is 5.26 Å². The standard InChI is InChI=1S/C26H23BrN2O3/c1-3-18-8-5-7-11-24(18)29-26(30)21(16-28)14-19-12-13-22(31-2)15-25(19)32-17-20-9-4-6-10-23(20)27/h4-15H,3,17H2,1-2H3,(H,29,30)/b21-14+. The van der Waals surface area contributed by atoms with Crippen LogP contribution in [0.25, 0.3) is 6.08 Å². The van der Waals surface area contributed by atoms with E-state index < -0.39 is 5.91 Å². The molecule has 3 aromatic carbocycles. The van der Waals surface area contributed by atoms with Gasteiger partial charge in [0.1, 0.15) is 29.7 Å². The van der Waals surface area contributed by atoms with E-state index in [4.69, 9.17) is 9.47 Å². The average molecular weight is 491 g/mol. The number of anilines is 1. The molecule has 0 unspecified atom stereocenters. The van der Waals surface area contributed by atoms with Crippen LogP contribution in [0.4, 0.5) is 5.69 Å². The van der Waals surface area contributed by atoms with Gasteiger partial charge < -0.3 is 14.8 Å². The molecule has 0 radical (unpaired) electrons. The van der Waals surface area contributed by atoms with Crippen LogP contribution in [0.1, 0.15) is 23.6 Å². The van der Waals surface area contributed by atoms with Crippen molar-refractivity contribution in [2.24, 2.45) is 0 Å². The van der Waals surface area contributed by atoms with E-state index >= 15 is 0 Å². The molecule has 0 atom stereocenters. The Balaban J connectivity index is 1.88. The highest BCUT2D eigenvalue weighted by Gasteiger charge is 2.14. The van der Waals surface area contributed by atoms with Crippen LogP contribution in [0.3, 0.4) is 0 Å². The van der Waals surface area contributed by atoms with Gasteiger partial charge in [0.05, 0.1) is 7.11 Å². The van der Waals surface area contributed by atoms with Crippen LogP contribution < -0.4 is 14.8 Å². The van der Waals surface area contributed by atoms with Crippen LogP contribution in [0, 0.1) is 11.3 Å². The number of rotatable bonds is 8. The van der Waals surface area contributed by atoms with Crippen molar-refractivity contribution in [1.29, 1.82) is 5.26 Å². The van der Waals surface area contributed by atoms with E-state index in [1.165, 1.54) is 6.08 Å². The van der Waals surface area contributed by atoms with Gasteiger partial charge in [0.25, 0.3) is 5.91 Å². The monoisotopic (exact) mass is 490 g/mol. The van der Waals surface area contributed by atoms with E-state index in [-0.39, 0.29) is 5.57 Å². The lowest BCUT2D eigenvalue weighted by molar-refractivity contribution is -0.112. The zero-order valence-corrected chi connectivity index (χ0v) is 19.5. The van der Waals surface area contributed by atoms with Crippen molar-refractivity contribution in [2.45, 2.75) is 20.0 Å². The fourth-order valence-electron chi connectivity index (χ4n) is 3.10. The first-order valence-electron chi connectivity index (χ1n) is 10.1. The number of nitrogens with zero attached hydrogens (tertiary/aromatic N) is 1. The summed E-state index contributed by atoms with van der Waals surface area (Å²) in [4.78, 5) is 12.8. The molecule has 0 aromatic heterocycles. The van der Waals surface area contributed by atoms with Gasteiger partial charge in [-0.3, -0.25) is 4.79 Å². The van der Waals surface area contributed by atoms with E-state index in [1.807, 2.05) is 61.5 Å². The second kappa shape index (κ2) is 11.2. The van der Waals surface area contributed by atoms with Crippen LogP contribution in [0.15, 0.2) is 76.8 Å². The number of benzene rings is 3. The highest BCUT2D eigenvalue weighted by molar-refractivity contribution is 9.10. The number of hydrogen-bond donors (Lipinski definition) is 1. The predicted octanol–water partition coefficient (Wildman–Crippen LogP) is 6.14. The molecule has 0 bridgehead atoms. The first-order valence-corrected chi connectivity index (χ1v) is 10.9. The Bertz CT molecular complexity index is 1180. The quantitative estimate of drug-likeness (QED) is 0.303. The summed E-state index contributed by atoms with van der Waals surface area (Å²) in [5.74, 6) is 0.652. The first-order chi connectivity index (χ1) is 15.5. The minimum atomic E-state index is -0.471. The minimum Gasteiger partial charge on any atom is -0.497 e. The summed E-state index contributed by atoms with van der Waals surface area (Å²) in [5, 5.41) is 12.5. The molecule has 0 fully saturated rings. The smallest absolute Gasteiger partial charge is 0.266 e. The number of carbonyl (C=O) groups excluding carboxylic acids is 1. The van der Waals surface area contributed by atoms with Gasteiger partial charge in [-0.15, -0.1) is 0 Å². The van der Waals surface area contributed by atoms with E-state index in [0.29, 0.717) is 29.4 Å². The lowest BCUT2D eigenvalue weighted by Crippen LogP contribution is -2.14. The molecule has 0 aliphatic rings. The van der Waals surface area contributed by atoms with Crippen LogP contribution >= 0.6 is 15.9 Å². The highest BCUT2D eigenvalue weighted by atomic mass is 79.9. The SMILES string of the molecule is CCc1ccccc1NC(=O)/C(C#N)=C/c1ccc(OC)cc1OCc1ccccc1Br. The van der Waals surface area contributed by atoms with Crippen LogP contribution in [0.5, 0.6) is 11.5 Å². The fourth-order valence-corrected chi connectivity index (χ4v) is 3.50. The zero-order valence-electron chi connectivity index (χ0n) is 17.9. The molecule has 5 nitrogen and oxygen atoms in total. The fraction of sp³-hybridized carbons (Fsp3) is 0.154. The summed E-state index contributed by atoms with van der Waals surface area (Å²) in [6, 6.07) is 22.6. The molecule has 0 saturated carbocycles. The summed E-state index contributed by atoms with van der Waals surface area (Å²) in [6.45, 7) is 2.32. The van der Waals surface area contributed by atoms with E-state index in [2.05, 4.69) is 21.2 Å². The Morgan fingerprint density at radius 2 is 1.81 bits per heavy atom. The number of nitriles is 1. The maximum atomic E-state index is 12.8. The number of nitrogens with one attached hydrogen (secondary N) is 1. The summed E-state index contributed by atoms with van der Waals surface area (Å²) in [6.07, 6.45) is 2.30. The molecule has 162 valence electrons. The van der Waals surface area contributed by atoms with Crippen LogP contribution in [0.2, 0.25) is 0 Å². The van der Waals surface area contributed by atoms with Crippen LogP contribution in [-0.4, -0.2) is 13.0 Å². The number of methoxy groups -OCH3 is 1. The topological polar surface area (TPSA) is 71.4 Å². The molecule has 3 aromatic rings. The normalized spacial score (nSPS) is 10.9. The molecule has 0 saturated heterocycles. The molecule has 0 aliphatic heterocycles. The van der Waals surface area contributed by atoms with Crippen molar-refractivity contribution in [3.8, 4) is 17.6 Å².